The maximum absolute atomic E-state index is 12.5. The molecule has 0 amide bonds. The number of carboxylic acid groups (broad SMARTS) is 1. The summed E-state index contributed by atoms with van der Waals surface area (Å²) in [6.07, 6.45) is 0. The molecule has 0 fully saturated rings. The van der Waals surface area contributed by atoms with Gasteiger partial charge in [0.15, 0.2) is 9.84 Å². The number of nitrogens with two attached hydrogens (primary N) is 1. The Balaban J connectivity index is 3.48. The molecule has 2 atom stereocenters. The minimum atomic E-state index is -3.53. The Morgan fingerprint density at radius 2 is 1.68 bits per heavy atom. The maximum atomic E-state index is 12.5. The SMILES string of the molecule is CC(C)S(=O)(=O)c1ccccc1C(N)[C@H](C(=O)O)C(C)(C)C. The molecular formula is C16H25NO4S. The Bertz CT molecular complexity index is 644. The van der Waals surface area contributed by atoms with E-state index in [1.165, 1.54) is 6.07 Å². The lowest BCUT2D eigenvalue weighted by molar-refractivity contribution is -0.146. The van der Waals surface area contributed by atoms with Gasteiger partial charge in [-0.3, -0.25) is 4.79 Å². The van der Waals surface area contributed by atoms with E-state index in [1.54, 1.807) is 52.8 Å². The van der Waals surface area contributed by atoms with Gasteiger partial charge < -0.3 is 10.8 Å². The zero-order chi connectivity index (χ0) is 17.3. The smallest absolute Gasteiger partial charge is 0.308 e. The average Bonchev–Trinajstić information content (AvgIpc) is 2.36. The van der Waals surface area contributed by atoms with E-state index < -0.39 is 38.4 Å². The van der Waals surface area contributed by atoms with Crippen LogP contribution >= 0.6 is 0 Å². The molecule has 1 aromatic carbocycles. The normalized spacial score (nSPS) is 15.6. The van der Waals surface area contributed by atoms with Gasteiger partial charge in [-0.15, -0.1) is 0 Å². The van der Waals surface area contributed by atoms with E-state index in [0.29, 0.717) is 5.56 Å². The van der Waals surface area contributed by atoms with Gasteiger partial charge in [-0.25, -0.2) is 8.42 Å². The number of benzene rings is 1. The van der Waals surface area contributed by atoms with Crippen LogP contribution in [0.4, 0.5) is 0 Å². The molecule has 0 aliphatic heterocycles. The van der Waals surface area contributed by atoms with Crippen molar-refractivity contribution in [3.8, 4) is 0 Å². The maximum Gasteiger partial charge on any atom is 0.308 e. The van der Waals surface area contributed by atoms with E-state index in [9.17, 15) is 18.3 Å². The van der Waals surface area contributed by atoms with Crippen LogP contribution in [0.2, 0.25) is 0 Å². The first-order chi connectivity index (χ1) is 9.90. The van der Waals surface area contributed by atoms with Gasteiger partial charge in [0.25, 0.3) is 0 Å². The zero-order valence-corrected chi connectivity index (χ0v) is 14.5. The van der Waals surface area contributed by atoms with E-state index in [2.05, 4.69) is 0 Å². The van der Waals surface area contributed by atoms with Crippen molar-refractivity contribution in [1.82, 2.24) is 0 Å². The van der Waals surface area contributed by atoms with Gasteiger partial charge in [0.1, 0.15) is 0 Å². The van der Waals surface area contributed by atoms with Crippen molar-refractivity contribution in [1.29, 1.82) is 0 Å². The summed E-state index contributed by atoms with van der Waals surface area (Å²) in [4.78, 5) is 11.7. The number of sulfone groups is 1. The summed E-state index contributed by atoms with van der Waals surface area (Å²) in [5, 5.41) is 8.92. The second-order valence-corrected chi connectivity index (χ2v) is 9.31. The molecular weight excluding hydrogens is 302 g/mol. The molecule has 124 valence electrons. The van der Waals surface area contributed by atoms with E-state index in [1.807, 2.05) is 0 Å². The standard InChI is InChI=1S/C16H25NO4S/c1-10(2)22(20,21)12-9-7-6-8-11(12)14(17)13(15(18)19)16(3,4)5/h6-10,13-14H,17H2,1-5H3,(H,18,19)/t13-,14?/m1/s1. The van der Waals surface area contributed by atoms with Crippen molar-refractivity contribution < 1.29 is 18.3 Å². The number of carboxylic acids is 1. The Kier molecular flexibility index (Phi) is 5.41. The lowest BCUT2D eigenvalue weighted by Gasteiger charge is -2.33. The summed E-state index contributed by atoms with van der Waals surface area (Å²) in [6.45, 7) is 8.54. The summed E-state index contributed by atoms with van der Waals surface area (Å²) in [5.74, 6) is -1.92. The lowest BCUT2D eigenvalue weighted by Crippen LogP contribution is -2.38. The predicted molar refractivity (Wildman–Crippen MR) is 86.3 cm³/mol. The number of hydrogen-bond acceptors (Lipinski definition) is 4. The third-order valence-corrected chi connectivity index (χ3v) is 5.99. The molecule has 0 radical (unpaired) electrons. The molecule has 3 N–H and O–H groups in total. The van der Waals surface area contributed by atoms with Crippen LogP contribution < -0.4 is 5.73 Å². The van der Waals surface area contributed by atoms with E-state index in [0.717, 1.165) is 0 Å². The number of carbonyl (C=O) groups is 1. The molecule has 22 heavy (non-hydrogen) atoms. The highest BCUT2D eigenvalue weighted by molar-refractivity contribution is 7.92. The molecule has 1 aromatic rings. The van der Waals surface area contributed by atoms with Crippen LogP contribution in [0, 0.1) is 11.3 Å². The molecule has 1 rings (SSSR count). The molecule has 0 bridgehead atoms. The molecule has 6 heteroatoms. The Morgan fingerprint density at radius 3 is 2.09 bits per heavy atom. The Labute approximate surface area is 132 Å². The van der Waals surface area contributed by atoms with Crippen LogP contribution in [0.25, 0.3) is 0 Å². The Hall–Kier alpha value is -1.40. The fraction of sp³-hybridized carbons (Fsp3) is 0.562. The van der Waals surface area contributed by atoms with Crippen molar-refractivity contribution in [2.45, 2.75) is 50.8 Å². The molecule has 0 aliphatic carbocycles. The van der Waals surface area contributed by atoms with Crippen LogP contribution in [-0.2, 0) is 14.6 Å². The fourth-order valence-electron chi connectivity index (χ4n) is 2.51. The molecule has 0 spiro atoms. The van der Waals surface area contributed by atoms with Gasteiger partial charge in [0, 0.05) is 6.04 Å². The van der Waals surface area contributed by atoms with Gasteiger partial charge >= 0.3 is 5.97 Å². The van der Waals surface area contributed by atoms with Crippen molar-refractivity contribution in [2.75, 3.05) is 0 Å². The van der Waals surface area contributed by atoms with Crippen molar-refractivity contribution in [2.24, 2.45) is 17.1 Å². The number of rotatable bonds is 5. The average molecular weight is 327 g/mol. The molecule has 0 saturated carbocycles. The first-order valence-electron chi connectivity index (χ1n) is 7.22. The van der Waals surface area contributed by atoms with Gasteiger partial charge in [-0.05, 0) is 30.9 Å². The van der Waals surface area contributed by atoms with Crippen LogP contribution in [0.5, 0.6) is 0 Å². The van der Waals surface area contributed by atoms with Crippen molar-refractivity contribution in [3.63, 3.8) is 0 Å². The lowest BCUT2D eigenvalue weighted by atomic mass is 9.74. The van der Waals surface area contributed by atoms with Crippen LogP contribution in [0.15, 0.2) is 29.2 Å². The van der Waals surface area contributed by atoms with Gasteiger partial charge in [0.05, 0.1) is 16.1 Å². The van der Waals surface area contributed by atoms with E-state index in [4.69, 9.17) is 5.73 Å². The second-order valence-electron chi connectivity index (χ2n) is 6.84. The summed E-state index contributed by atoms with van der Waals surface area (Å²) in [6, 6.07) is 5.49. The molecule has 0 heterocycles. The predicted octanol–water partition coefficient (Wildman–Crippen LogP) is 2.62. The second kappa shape index (κ2) is 6.38. The highest BCUT2D eigenvalue weighted by atomic mass is 32.2. The Morgan fingerprint density at radius 1 is 1.18 bits per heavy atom. The molecule has 0 saturated heterocycles. The quantitative estimate of drug-likeness (QED) is 0.866. The van der Waals surface area contributed by atoms with Crippen LogP contribution in [0.1, 0.15) is 46.2 Å². The first-order valence-corrected chi connectivity index (χ1v) is 8.76. The summed E-state index contributed by atoms with van der Waals surface area (Å²) in [7, 11) is -3.53. The topological polar surface area (TPSA) is 97.5 Å². The molecule has 0 aliphatic rings. The minimum absolute atomic E-state index is 0.119. The monoisotopic (exact) mass is 327 g/mol. The third-order valence-electron chi connectivity index (χ3n) is 3.76. The molecule has 5 nitrogen and oxygen atoms in total. The molecule has 0 aromatic heterocycles. The van der Waals surface area contributed by atoms with Gasteiger partial charge in [0.2, 0.25) is 0 Å². The summed E-state index contributed by atoms with van der Waals surface area (Å²) >= 11 is 0. The van der Waals surface area contributed by atoms with Crippen molar-refractivity contribution >= 4 is 15.8 Å². The summed E-state index contributed by atoms with van der Waals surface area (Å²) in [5.41, 5.74) is 5.94. The fourth-order valence-corrected chi connectivity index (χ4v) is 3.82. The van der Waals surface area contributed by atoms with Crippen LogP contribution in [0.3, 0.4) is 0 Å². The minimum Gasteiger partial charge on any atom is -0.481 e. The van der Waals surface area contributed by atoms with E-state index in [-0.39, 0.29) is 4.90 Å². The molecule has 1 unspecified atom stereocenters. The largest absolute Gasteiger partial charge is 0.481 e. The third kappa shape index (κ3) is 3.67. The van der Waals surface area contributed by atoms with Crippen molar-refractivity contribution in [3.05, 3.63) is 29.8 Å². The van der Waals surface area contributed by atoms with E-state index >= 15 is 0 Å². The number of hydrogen-bond donors (Lipinski definition) is 2. The first kappa shape index (κ1) is 18.6. The summed E-state index contributed by atoms with van der Waals surface area (Å²) < 4.78 is 25.0. The highest BCUT2D eigenvalue weighted by Gasteiger charge is 2.39. The van der Waals surface area contributed by atoms with Gasteiger partial charge in [-0.2, -0.15) is 0 Å². The van der Waals surface area contributed by atoms with Crippen LogP contribution in [-0.4, -0.2) is 24.7 Å². The highest BCUT2D eigenvalue weighted by Crippen LogP contribution is 2.37. The number of aliphatic carboxylic acids is 1. The van der Waals surface area contributed by atoms with Gasteiger partial charge in [-0.1, -0.05) is 39.0 Å². The zero-order valence-electron chi connectivity index (χ0n) is 13.7.